The quantitative estimate of drug-likeness (QED) is 0.507. The topological polar surface area (TPSA) is 76.9 Å². The second-order valence-corrected chi connectivity index (χ2v) is 8.79. The van der Waals surface area contributed by atoms with Gasteiger partial charge in [0.25, 0.3) is 10.0 Å². The van der Waals surface area contributed by atoms with Gasteiger partial charge in [0.2, 0.25) is 0 Å². The summed E-state index contributed by atoms with van der Waals surface area (Å²) >= 11 is 6.26. The number of fused-ring (bicyclic) bond motifs is 1. The Morgan fingerprint density at radius 3 is 2.59 bits per heavy atom. The fourth-order valence-corrected chi connectivity index (χ4v) is 4.82. The predicted octanol–water partition coefficient (Wildman–Crippen LogP) is 4.55. The summed E-state index contributed by atoms with van der Waals surface area (Å²) in [4.78, 5) is 4.38. The number of aryl methyl sites for hydroxylation is 1. The zero-order valence-electron chi connectivity index (χ0n) is 15.9. The fourth-order valence-electron chi connectivity index (χ4n) is 3.27. The molecular weight excluding hydrogens is 408 g/mol. The van der Waals surface area contributed by atoms with Crippen molar-refractivity contribution < 1.29 is 8.42 Å². The van der Waals surface area contributed by atoms with Gasteiger partial charge in [0, 0.05) is 16.6 Å². The average Bonchev–Trinajstić information content (AvgIpc) is 2.96. The van der Waals surface area contributed by atoms with E-state index >= 15 is 0 Å². The Morgan fingerprint density at radius 1 is 1.03 bits per heavy atom. The van der Waals surface area contributed by atoms with Gasteiger partial charge in [-0.25, -0.2) is 8.42 Å². The molecule has 29 heavy (non-hydrogen) atoms. The van der Waals surface area contributed by atoms with E-state index in [1.54, 1.807) is 36.0 Å². The van der Waals surface area contributed by atoms with Crippen LogP contribution in [0.1, 0.15) is 17.0 Å². The van der Waals surface area contributed by atoms with Gasteiger partial charge in [-0.3, -0.25) is 14.4 Å². The van der Waals surface area contributed by atoms with Gasteiger partial charge in [-0.05, 0) is 37.6 Å². The molecule has 4 aromatic rings. The number of hydrogen-bond acceptors (Lipinski definition) is 4. The Balaban J connectivity index is 1.71. The molecule has 6 nitrogen and oxygen atoms in total. The van der Waals surface area contributed by atoms with Crippen molar-refractivity contribution in [1.29, 1.82) is 0 Å². The van der Waals surface area contributed by atoms with E-state index in [0.29, 0.717) is 34.2 Å². The van der Waals surface area contributed by atoms with Gasteiger partial charge in [0.15, 0.2) is 0 Å². The Hall–Kier alpha value is -2.90. The third-order valence-electron chi connectivity index (χ3n) is 4.78. The van der Waals surface area contributed by atoms with Crippen LogP contribution in [-0.2, 0) is 16.6 Å². The number of pyridine rings is 1. The fraction of sp³-hybridized carbons (Fsp3) is 0.143. The highest BCUT2D eigenvalue weighted by atomic mass is 35.5. The van der Waals surface area contributed by atoms with E-state index in [0.717, 1.165) is 10.9 Å². The summed E-state index contributed by atoms with van der Waals surface area (Å²) in [6, 6.07) is 16.2. The molecule has 2 aromatic carbocycles. The van der Waals surface area contributed by atoms with E-state index in [1.165, 1.54) is 0 Å². The molecule has 0 amide bonds. The summed E-state index contributed by atoms with van der Waals surface area (Å²) < 4.78 is 30.7. The third-order valence-corrected chi connectivity index (χ3v) is 6.53. The molecule has 0 fully saturated rings. The van der Waals surface area contributed by atoms with Crippen molar-refractivity contribution in [2.24, 2.45) is 0 Å². The first-order chi connectivity index (χ1) is 13.9. The smallest absolute Gasteiger partial charge is 0.264 e. The van der Waals surface area contributed by atoms with Crippen LogP contribution in [0.2, 0.25) is 5.02 Å². The van der Waals surface area contributed by atoms with Gasteiger partial charge in [0.05, 0.1) is 29.1 Å². The number of sulfonamides is 1. The Morgan fingerprint density at radius 2 is 1.79 bits per heavy atom. The van der Waals surface area contributed by atoms with Crippen LogP contribution < -0.4 is 4.72 Å². The van der Waals surface area contributed by atoms with Crippen LogP contribution in [0.3, 0.4) is 0 Å². The first-order valence-electron chi connectivity index (χ1n) is 9.01. The van der Waals surface area contributed by atoms with E-state index < -0.39 is 10.0 Å². The number of rotatable bonds is 5. The SMILES string of the molecule is Cc1nn(Cc2ccccc2Cl)c(C)c1NS(=O)(=O)c1cccc2cccnc12. The van der Waals surface area contributed by atoms with Gasteiger partial charge in [-0.2, -0.15) is 5.10 Å². The molecule has 0 radical (unpaired) electrons. The Labute approximate surface area is 174 Å². The lowest BCUT2D eigenvalue weighted by molar-refractivity contribution is 0.601. The molecule has 0 bridgehead atoms. The molecule has 0 saturated carbocycles. The van der Waals surface area contributed by atoms with Crippen molar-refractivity contribution in [1.82, 2.24) is 14.8 Å². The zero-order chi connectivity index (χ0) is 20.6. The summed E-state index contributed by atoms with van der Waals surface area (Å²) in [7, 11) is -3.84. The molecule has 2 heterocycles. The maximum absolute atomic E-state index is 13.1. The standard InChI is InChI=1S/C21H19ClN4O2S/c1-14-20(15(2)26(24-14)13-17-7-3-4-10-18(17)22)25-29(27,28)19-11-5-8-16-9-6-12-23-21(16)19/h3-12,25H,13H2,1-2H3. The molecule has 0 atom stereocenters. The van der Waals surface area contributed by atoms with E-state index in [-0.39, 0.29) is 4.90 Å². The van der Waals surface area contributed by atoms with Gasteiger partial charge in [-0.15, -0.1) is 0 Å². The first kappa shape index (κ1) is 19.4. The monoisotopic (exact) mass is 426 g/mol. The average molecular weight is 427 g/mol. The van der Waals surface area contributed by atoms with Crippen LogP contribution >= 0.6 is 11.6 Å². The molecule has 148 valence electrons. The normalized spacial score (nSPS) is 11.7. The van der Waals surface area contributed by atoms with Gasteiger partial charge < -0.3 is 0 Å². The van der Waals surface area contributed by atoms with Crippen molar-refractivity contribution in [2.45, 2.75) is 25.3 Å². The molecule has 0 aliphatic carbocycles. The second kappa shape index (κ2) is 7.50. The second-order valence-electron chi connectivity index (χ2n) is 6.73. The highest BCUT2D eigenvalue weighted by molar-refractivity contribution is 7.93. The maximum atomic E-state index is 13.1. The van der Waals surface area contributed by atoms with Crippen LogP contribution in [0.5, 0.6) is 0 Å². The summed E-state index contributed by atoms with van der Waals surface area (Å²) in [5, 5.41) is 5.91. The number of benzene rings is 2. The van der Waals surface area contributed by atoms with Crippen molar-refractivity contribution in [3.05, 3.63) is 82.8 Å². The lowest BCUT2D eigenvalue weighted by Crippen LogP contribution is -2.15. The molecule has 0 aliphatic rings. The van der Waals surface area contributed by atoms with Gasteiger partial charge in [-0.1, -0.05) is 48.0 Å². The lowest BCUT2D eigenvalue weighted by atomic mass is 10.2. The van der Waals surface area contributed by atoms with Crippen molar-refractivity contribution in [3.8, 4) is 0 Å². The number of halogens is 1. The number of hydrogen-bond donors (Lipinski definition) is 1. The summed E-state index contributed by atoms with van der Waals surface area (Å²) in [5.74, 6) is 0. The molecule has 0 unspecified atom stereocenters. The van der Waals surface area contributed by atoms with E-state index in [1.807, 2.05) is 43.3 Å². The molecule has 8 heteroatoms. The number of nitrogens with one attached hydrogen (secondary N) is 1. The molecule has 2 aromatic heterocycles. The first-order valence-corrected chi connectivity index (χ1v) is 10.9. The van der Waals surface area contributed by atoms with Gasteiger partial charge >= 0.3 is 0 Å². The summed E-state index contributed by atoms with van der Waals surface area (Å²) in [5.41, 5.74) is 3.10. The van der Waals surface area contributed by atoms with Crippen LogP contribution in [0, 0.1) is 13.8 Å². The highest BCUT2D eigenvalue weighted by Crippen LogP contribution is 2.27. The maximum Gasteiger partial charge on any atom is 0.264 e. The summed E-state index contributed by atoms with van der Waals surface area (Å²) in [6.45, 7) is 4.05. The largest absolute Gasteiger partial charge is 0.276 e. The molecule has 0 aliphatic heterocycles. The molecular formula is C21H19ClN4O2S. The zero-order valence-corrected chi connectivity index (χ0v) is 17.5. The minimum Gasteiger partial charge on any atom is -0.276 e. The Bertz CT molecular complexity index is 1310. The molecule has 4 rings (SSSR count). The predicted molar refractivity (Wildman–Crippen MR) is 115 cm³/mol. The minimum atomic E-state index is -3.84. The van der Waals surface area contributed by atoms with Crippen LogP contribution in [0.4, 0.5) is 5.69 Å². The van der Waals surface area contributed by atoms with E-state index in [4.69, 9.17) is 11.6 Å². The van der Waals surface area contributed by atoms with Crippen LogP contribution in [0.25, 0.3) is 10.9 Å². The third kappa shape index (κ3) is 3.71. The van der Waals surface area contributed by atoms with Crippen molar-refractivity contribution >= 4 is 38.2 Å². The highest BCUT2D eigenvalue weighted by Gasteiger charge is 2.22. The van der Waals surface area contributed by atoms with Crippen molar-refractivity contribution in [2.75, 3.05) is 4.72 Å². The van der Waals surface area contributed by atoms with E-state index in [2.05, 4.69) is 14.8 Å². The van der Waals surface area contributed by atoms with Crippen molar-refractivity contribution in [3.63, 3.8) is 0 Å². The minimum absolute atomic E-state index is 0.133. The number of anilines is 1. The summed E-state index contributed by atoms with van der Waals surface area (Å²) in [6.07, 6.45) is 1.58. The number of para-hydroxylation sites is 1. The van der Waals surface area contributed by atoms with Gasteiger partial charge in [0.1, 0.15) is 4.90 Å². The number of nitrogens with zero attached hydrogens (tertiary/aromatic N) is 3. The van der Waals surface area contributed by atoms with Crippen LogP contribution in [-0.4, -0.2) is 23.2 Å². The molecule has 1 N–H and O–H groups in total. The van der Waals surface area contributed by atoms with E-state index in [9.17, 15) is 8.42 Å². The lowest BCUT2D eigenvalue weighted by Gasteiger charge is -2.11. The number of aromatic nitrogens is 3. The molecule has 0 spiro atoms. The van der Waals surface area contributed by atoms with Crippen LogP contribution in [0.15, 0.2) is 65.7 Å². The Kier molecular flexibility index (Phi) is 5.02. The molecule has 0 saturated heterocycles.